The van der Waals surface area contributed by atoms with Crippen LogP contribution in [0.3, 0.4) is 0 Å². The standard InChI is InChI=1S/C16H24BrNO/c1-15(2)7-9-16(19,10-8-15)12-18-11-13-3-5-14(17)6-4-13/h3-6,18-19H,7-12H2,1-2H3. The Labute approximate surface area is 124 Å². The van der Waals surface area contributed by atoms with E-state index in [-0.39, 0.29) is 0 Å². The van der Waals surface area contributed by atoms with Crippen molar-refractivity contribution in [2.75, 3.05) is 6.54 Å². The van der Waals surface area contributed by atoms with Crippen molar-refractivity contribution < 1.29 is 5.11 Å². The molecule has 0 amide bonds. The van der Waals surface area contributed by atoms with Crippen LogP contribution in [0.5, 0.6) is 0 Å². The van der Waals surface area contributed by atoms with Crippen LogP contribution >= 0.6 is 15.9 Å². The number of hydrogen-bond acceptors (Lipinski definition) is 2. The van der Waals surface area contributed by atoms with E-state index < -0.39 is 5.60 Å². The first-order valence-corrected chi connectivity index (χ1v) is 7.86. The van der Waals surface area contributed by atoms with E-state index in [9.17, 15) is 5.11 Å². The van der Waals surface area contributed by atoms with Gasteiger partial charge in [-0.3, -0.25) is 0 Å². The third kappa shape index (κ3) is 4.59. The summed E-state index contributed by atoms with van der Waals surface area (Å²) in [6.07, 6.45) is 4.05. The molecule has 1 fully saturated rings. The highest BCUT2D eigenvalue weighted by atomic mass is 79.9. The molecule has 3 heteroatoms. The van der Waals surface area contributed by atoms with Crippen LogP contribution in [-0.2, 0) is 6.54 Å². The van der Waals surface area contributed by atoms with Crippen LogP contribution in [0, 0.1) is 5.41 Å². The molecule has 2 rings (SSSR count). The van der Waals surface area contributed by atoms with Crippen molar-refractivity contribution in [3.63, 3.8) is 0 Å². The van der Waals surface area contributed by atoms with Gasteiger partial charge in [-0.25, -0.2) is 0 Å². The zero-order chi connectivity index (χ0) is 13.9. The molecule has 0 aliphatic heterocycles. The van der Waals surface area contributed by atoms with Gasteiger partial charge in [0, 0.05) is 17.6 Å². The summed E-state index contributed by atoms with van der Waals surface area (Å²) in [7, 11) is 0. The fourth-order valence-electron chi connectivity index (χ4n) is 2.61. The molecule has 2 N–H and O–H groups in total. The topological polar surface area (TPSA) is 32.3 Å². The lowest BCUT2D eigenvalue weighted by Crippen LogP contribution is -2.44. The van der Waals surface area contributed by atoms with Crippen molar-refractivity contribution in [3.8, 4) is 0 Å². The monoisotopic (exact) mass is 325 g/mol. The molecule has 1 aliphatic rings. The Balaban J connectivity index is 1.78. The van der Waals surface area contributed by atoms with Crippen LogP contribution in [0.4, 0.5) is 0 Å². The largest absolute Gasteiger partial charge is 0.389 e. The quantitative estimate of drug-likeness (QED) is 0.880. The third-order valence-corrected chi connectivity index (χ3v) is 4.76. The number of aliphatic hydroxyl groups is 1. The van der Waals surface area contributed by atoms with Gasteiger partial charge >= 0.3 is 0 Å². The van der Waals surface area contributed by atoms with Gasteiger partial charge in [0.2, 0.25) is 0 Å². The summed E-state index contributed by atoms with van der Waals surface area (Å²) in [5, 5.41) is 13.9. The Morgan fingerprint density at radius 2 is 1.68 bits per heavy atom. The Bertz CT molecular complexity index is 403. The van der Waals surface area contributed by atoms with Gasteiger partial charge < -0.3 is 10.4 Å². The first kappa shape index (κ1) is 15.0. The Morgan fingerprint density at radius 1 is 1.11 bits per heavy atom. The highest BCUT2D eigenvalue weighted by molar-refractivity contribution is 9.10. The first-order valence-electron chi connectivity index (χ1n) is 7.06. The molecule has 0 heterocycles. The molecule has 1 saturated carbocycles. The van der Waals surface area contributed by atoms with Gasteiger partial charge in [0.15, 0.2) is 0 Å². The predicted molar refractivity (Wildman–Crippen MR) is 83.0 cm³/mol. The van der Waals surface area contributed by atoms with Crippen LogP contribution in [0.2, 0.25) is 0 Å². The number of rotatable bonds is 4. The number of nitrogens with one attached hydrogen (secondary N) is 1. The van der Waals surface area contributed by atoms with Crippen molar-refractivity contribution in [2.24, 2.45) is 5.41 Å². The molecule has 0 aromatic heterocycles. The Hall–Kier alpha value is -0.380. The minimum Gasteiger partial charge on any atom is -0.389 e. The summed E-state index contributed by atoms with van der Waals surface area (Å²) in [5.41, 5.74) is 1.14. The van der Waals surface area contributed by atoms with E-state index in [0.717, 1.165) is 36.7 Å². The van der Waals surface area contributed by atoms with Gasteiger partial charge in [-0.05, 0) is 48.8 Å². The molecule has 1 aliphatic carbocycles. The zero-order valence-corrected chi connectivity index (χ0v) is 13.5. The summed E-state index contributed by atoms with van der Waals surface area (Å²) in [6, 6.07) is 8.31. The van der Waals surface area contributed by atoms with Crippen molar-refractivity contribution in [2.45, 2.75) is 51.7 Å². The molecule has 1 aromatic rings. The molecule has 2 nitrogen and oxygen atoms in total. The second-order valence-electron chi connectivity index (χ2n) is 6.62. The first-order chi connectivity index (χ1) is 8.89. The molecule has 0 atom stereocenters. The fraction of sp³-hybridized carbons (Fsp3) is 0.625. The highest BCUT2D eigenvalue weighted by Crippen LogP contribution is 2.39. The minimum absolute atomic E-state index is 0.401. The van der Waals surface area contributed by atoms with E-state index in [1.165, 1.54) is 5.56 Å². The average molecular weight is 326 g/mol. The lowest BCUT2D eigenvalue weighted by molar-refractivity contribution is -0.0245. The van der Waals surface area contributed by atoms with Gasteiger partial charge in [-0.2, -0.15) is 0 Å². The summed E-state index contributed by atoms with van der Waals surface area (Å²) in [6.45, 7) is 6.10. The lowest BCUT2D eigenvalue weighted by Gasteiger charge is -2.40. The van der Waals surface area contributed by atoms with Gasteiger partial charge in [-0.1, -0.05) is 41.9 Å². The van der Waals surface area contributed by atoms with Crippen LogP contribution < -0.4 is 5.32 Å². The van der Waals surface area contributed by atoms with Gasteiger partial charge in [0.05, 0.1) is 5.60 Å². The van der Waals surface area contributed by atoms with E-state index >= 15 is 0 Å². The van der Waals surface area contributed by atoms with E-state index in [2.05, 4.69) is 59.4 Å². The second kappa shape index (κ2) is 5.94. The number of benzene rings is 1. The van der Waals surface area contributed by atoms with Gasteiger partial charge in [-0.15, -0.1) is 0 Å². The molecular formula is C16H24BrNO. The normalized spacial score (nSPS) is 21.3. The van der Waals surface area contributed by atoms with Gasteiger partial charge in [0.1, 0.15) is 0 Å². The summed E-state index contributed by atoms with van der Waals surface area (Å²) < 4.78 is 1.10. The minimum atomic E-state index is -0.509. The molecular weight excluding hydrogens is 302 g/mol. The maximum absolute atomic E-state index is 10.6. The average Bonchev–Trinajstić information content (AvgIpc) is 2.36. The van der Waals surface area contributed by atoms with Crippen LogP contribution in [0.15, 0.2) is 28.7 Å². The Kier molecular flexibility index (Phi) is 4.70. The van der Waals surface area contributed by atoms with E-state index in [0.29, 0.717) is 12.0 Å². The maximum atomic E-state index is 10.6. The van der Waals surface area contributed by atoms with E-state index in [1.807, 2.05) is 0 Å². The lowest BCUT2D eigenvalue weighted by atomic mass is 9.71. The number of hydrogen-bond donors (Lipinski definition) is 2. The Morgan fingerprint density at radius 3 is 2.26 bits per heavy atom. The molecule has 106 valence electrons. The molecule has 0 unspecified atom stereocenters. The highest BCUT2D eigenvalue weighted by Gasteiger charge is 2.36. The van der Waals surface area contributed by atoms with Crippen LogP contribution in [0.25, 0.3) is 0 Å². The second-order valence-corrected chi connectivity index (χ2v) is 7.53. The van der Waals surface area contributed by atoms with Crippen molar-refractivity contribution in [1.29, 1.82) is 0 Å². The molecule has 0 radical (unpaired) electrons. The fourth-order valence-corrected chi connectivity index (χ4v) is 2.88. The van der Waals surface area contributed by atoms with Gasteiger partial charge in [0.25, 0.3) is 0 Å². The molecule has 0 saturated heterocycles. The predicted octanol–water partition coefficient (Wildman–Crippen LogP) is 3.87. The summed E-state index contributed by atoms with van der Waals surface area (Å²) in [5.74, 6) is 0. The van der Waals surface area contributed by atoms with E-state index in [4.69, 9.17) is 0 Å². The molecule has 0 spiro atoms. The summed E-state index contributed by atoms with van der Waals surface area (Å²) >= 11 is 3.43. The van der Waals surface area contributed by atoms with Crippen LogP contribution in [-0.4, -0.2) is 17.3 Å². The van der Waals surface area contributed by atoms with Crippen molar-refractivity contribution in [3.05, 3.63) is 34.3 Å². The number of halogens is 1. The van der Waals surface area contributed by atoms with Crippen molar-refractivity contribution >= 4 is 15.9 Å². The SMILES string of the molecule is CC1(C)CCC(O)(CNCc2ccc(Br)cc2)CC1. The molecule has 19 heavy (non-hydrogen) atoms. The van der Waals surface area contributed by atoms with E-state index in [1.54, 1.807) is 0 Å². The molecule has 1 aromatic carbocycles. The van der Waals surface area contributed by atoms with Crippen molar-refractivity contribution in [1.82, 2.24) is 5.32 Å². The third-order valence-electron chi connectivity index (χ3n) is 4.23. The zero-order valence-electron chi connectivity index (χ0n) is 11.9. The van der Waals surface area contributed by atoms with Crippen LogP contribution in [0.1, 0.15) is 45.1 Å². The smallest absolute Gasteiger partial charge is 0.0772 e. The summed E-state index contributed by atoms with van der Waals surface area (Å²) in [4.78, 5) is 0. The molecule has 0 bridgehead atoms. The maximum Gasteiger partial charge on any atom is 0.0772 e.